The average Bonchev–Trinajstić information content (AvgIpc) is 1.76. The Balaban J connectivity index is 0.000000184. The molecule has 39 heteroatoms. The number of hydrogen-bond donors (Lipinski definition) is 10. The third-order valence-corrected chi connectivity index (χ3v) is 14.1. The number of pyridine rings is 4. The van der Waals surface area contributed by atoms with E-state index in [0.29, 0.717) is 49.7 Å². The first kappa shape index (κ1) is 74.8. The Morgan fingerprint density at radius 1 is 0.557 bits per heavy atom. The van der Waals surface area contributed by atoms with Crippen molar-refractivity contribution in [2.24, 2.45) is 0 Å². The van der Waals surface area contributed by atoms with Crippen molar-refractivity contribution in [3.63, 3.8) is 0 Å². The van der Waals surface area contributed by atoms with E-state index in [0.717, 1.165) is 36.6 Å². The molecule has 0 aromatic carbocycles. The first-order valence-electron chi connectivity index (χ1n) is 28.7. The molecular weight excluding hydrogens is 1340 g/mol. The monoisotopic (exact) mass is 1400 g/mol. The van der Waals surface area contributed by atoms with Gasteiger partial charge in [0, 0.05) is 66.4 Å². The van der Waals surface area contributed by atoms with E-state index in [1.54, 1.807) is 64.4 Å². The summed E-state index contributed by atoms with van der Waals surface area (Å²) < 4.78 is 130. The van der Waals surface area contributed by atoms with Gasteiger partial charge in [-0.15, -0.1) is 0 Å². The second-order valence-electron chi connectivity index (χ2n) is 24.0. The minimum atomic E-state index is -4.62. The molecule has 11 heterocycles. The quantitative estimate of drug-likeness (QED) is 0.0249. The Hall–Kier alpha value is -9.56. The number of hydrogen-bond acceptors (Lipinski definition) is 22. The zero-order valence-electron chi connectivity index (χ0n) is 53.2. The number of nitrogens with one attached hydrogen (secondary N) is 6. The van der Waals surface area contributed by atoms with Crippen molar-refractivity contribution in [1.82, 2.24) is 79.6 Å². The van der Waals surface area contributed by atoms with Crippen LogP contribution in [-0.2, 0) is 40.9 Å². The second kappa shape index (κ2) is 29.8. The Kier molecular flexibility index (Phi) is 23.0. The highest BCUT2D eigenvalue weighted by molar-refractivity contribution is 6.62. The summed E-state index contributed by atoms with van der Waals surface area (Å²) in [6.07, 6.45) is -3.68. The third-order valence-electron chi connectivity index (χ3n) is 13.7. The fourth-order valence-electron chi connectivity index (χ4n) is 8.73. The summed E-state index contributed by atoms with van der Waals surface area (Å²) in [4.78, 5) is 56.8. The van der Waals surface area contributed by atoms with E-state index < -0.39 is 59.5 Å². The minimum Gasteiger partial charge on any atom is -0.399 e. The summed E-state index contributed by atoms with van der Waals surface area (Å²) in [7, 11) is -1.06. The van der Waals surface area contributed by atoms with Gasteiger partial charge in [-0.05, 0) is 104 Å². The van der Waals surface area contributed by atoms with Crippen LogP contribution >= 0.6 is 23.2 Å². The van der Waals surface area contributed by atoms with Gasteiger partial charge in [-0.2, -0.15) is 54.8 Å². The molecule has 1 fully saturated rings. The van der Waals surface area contributed by atoms with Gasteiger partial charge in [0.1, 0.15) is 81.3 Å². The van der Waals surface area contributed by atoms with Crippen molar-refractivity contribution in [2.75, 3.05) is 40.6 Å². The Bertz CT molecular complexity index is 4440. The predicted molar refractivity (Wildman–Crippen MR) is 346 cm³/mol. The van der Waals surface area contributed by atoms with E-state index in [9.17, 15) is 54.2 Å². The third kappa shape index (κ3) is 19.6. The highest BCUT2D eigenvalue weighted by Gasteiger charge is 2.54. The number of aliphatic hydroxyl groups excluding tert-OH is 2. The molecule has 0 atom stereocenters. The lowest BCUT2D eigenvalue weighted by atomic mass is 9.79. The number of aromatic nitrogens is 16. The molecule has 0 bridgehead atoms. The summed E-state index contributed by atoms with van der Waals surface area (Å²) in [5, 5.41) is 46.6. The molecule has 11 rings (SSSR count). The van der Waals surface area contributed by atoms with Crippen molar-refractivity contribution < 1.29 is 59.0 Å². The zero-order valence-corrected chi connectivity index (χ0v) is 54.7. The van der Waals surface area contributed by atoms with Crippen LogP contribution in [0, 0.1) is 0 Å². The minimum absolute atomic E-state index is 0.0179. The molecule has 1 aliphatic heterocycles. The number of fused-ring (bicyclic) bond motifs is 2. The summed E-state index contributed by atoms with van der Waals surface area (Å²) in [6, 6.07) is 10.9. The molecule has 1 aliphatic rings. The number of nitrogens with two attached hydrogens (primary N) is 2. The van der Waals surface area contributed by atoms with Crippen molar-refractivity contribution >= 4 is 92.2 Å². The van der Waals surface area contributed by atoms with Gasteiger partial charge in [0.15, 0.2) is 0 Å². The molecule has 518 valence electrons. The van der Waals surface area contributed by atoms with E-state index in [1.807, 2.05) is 56.8 Å². The molecule has 10 aromatic rings. The first-order chi connectivity index (χ1) is 45.1. The van der Waals surface area contributed by atoms with Crippen molar-refractivity contribution in [3.8, 4) is 22.5 Å². The standard InChI is InChI=1S/C22H23F3N8O2.C14H18ClN3O2.C10H14BF3N2O2.C8H6F3N5.C4H4ClN3/c1-21(2,3)31-19-17-12(4-5-33(6-7-34)20(17)35)8-16(30-19)29-15-9-14(26-11-27-15)13-10-28-32-18(13)22(23,24)25;1-14(2,3)17-12-11-9(8-10(15)16-12)4-5-18(6-7-19)13(11)20;1-8(2)9(3,4)18-11(17-8)6-5-15-16-7(6)10(12,13)14;9-8(10,11)7-4(2-15-16-7)5-1-6(12)14-3-13-5;5-3-1-4(6)8-2-7-3/h4-5,8-11,34H,6-7H2,1-3H3,(H,28,32)(H2,26,27,29,30,31);4-5,8,19H,6-7H2,1-3H3,(H,16,17);5H,1-4H3,(H,15,16);1-3H,(H,15,16)(H2,12,13,14);1-2H,(H2,6,7,8). The van der Waals surface area contributed by atoms with Crippen LogP contribution in [0.15, 0.2) is 102 Å². The van der Waals surface area contributed by atoms with Crippen molar-refractivity contribution in [3.05, 3.63) is 141 Å². The van der Waals surface area contributed by atoms with Gasteiger partial charge in [-0.25, -0.2) is 39.9 Å². The van der Waals surface area contributed by atoms with Gasteiger partial charge < -0.3 is 56.1 Å². The molecule has 97 heavy (non-hydrogen) atoms. The Morgan fingerprint density at radius 2 is 0.990 bits per heavy atom. The number of rotatable bonds is 11. The highest BCUT2D eigenvalue weighted by atomic mass is 35.5. The van der Waals surface area contributed by atoms with E-state index in [-0.39, 0.29) is 82.6 Å². The van der Waals surface area contributed by atoms with Crippen LogP contribution in [0.5, 0.6) is 0 Å². The van der Waals surface area contributed by atoms with Crippen LogP contribution in [0.2, 0.25) is 10.3 Å². The number of alkyl halides is 9. The van der Waals surface area contributed by atoms with E-state index in [2.05, 4.69) is 71.1 Å². The number of anilines is 6. The number of aromatic amines is 3. The molecule has 27 nitrogen and oxygen atoms in total. The van der Waals surface area contributed by atoms with Crippen LogP contribution < -0.4 is 44.0 Å². The van der Waals surface area contributed by atoms with Crippen LogP contribution in [-0.4, -0.2) is 132 Å². The predicted octanol–water partition coefficient (Wildman–Crippen LogP) is 9.70. The molecule has 0 aliphatic carbocycles. The first-order valence-corrected chi connectivity index (χ1v) is 29.4. The topological polar surface area (TPSA) is 380 Å². The molecule has 12 N–H and O–H groups in total. The number of H-pyrrole nitrogens is 3. The zero-order chi connectivity index (χ0) is 71.8. The van der Waals surface area contributed by atoms with Gasteiger partial charge in [0.25, 0.3) is 11.1 Å². The van der Waals surface area contributed by atoms with E-state index in [4.69, 9.17) is 49.1 Å². The summed E-state index contributed by atoms with van der Waals surface area (Å²) in [5.41, 5.74) is 4.76. The van der Waals surface area contributed by atoms with Crippen LogP contribution in [0.25, 0.3) is 44.1 Å². The number of aliphatic hydroxyl groups is 2. The lowest BCUT2D eigenvalue weighted by Gasteiger charge is -2.32. The molecule has 0 radical (unpaired) electrons. The lowest BCUT2D eigenvalue weighted by Crippen LogP contribution is -2.41. The number of nitrogen functional groups attached to an aromatic ring is 2. The summed E-state index contributed by atoms with van der Waals surface area (Å²) in [5.74, 6) is 1.79. The molecule has 0 spiro atoms. The summed E-state index contributed by atoms with van der Waals surface area (Å²) in [6.45, 7) is 18.9. The highest BCUT2D eigenvalue weighted by Crippen LogP contribution is 2.39. The fraction of sp³-hybridized carbons (Fsp3) is 0.362. The summed E-state index contributed by atoms with van der Waals surface area (Å²) >= 11 is 11.4. The Labute approximate surface area is 555 Å². The SMILES string of the molecule is CC(C)(C)Nc1nc(Cl)cc2ccn(CCO)c(=O)c12.CC(C)(C)Nc1nc(Nc2cc(-c3cn[nH]c3C(F)(F)F)ncn2)cc2ccn(CCO)c(=O)c12.CC1(C)OB(c2cn[nH]c2C(F)(F)F)OC1(C)C.Nc1cc(-c2cn[nH]c2C(F)(F)F)ncn1.Nc1cc(Cl)ncn1. The Morgan fingerprint density at radius 3 is 1.43 bits per heavy atom. The fourth-order valence-corrected chi connectivity index (χ4v) is 9.09. The van der Waals surface area contributed by atoms with Gasteiger partial charge in [0.05, 0.1) is 70.1 Å². The molecule has 0 amide bonds. The molecule has 0 saturated carbocycles. The number of nitrogens with zero attached hydrogens (tertiary/aromatic N) is 13. The van der Waals surface area contributed by atoms with Crippen LogP contribution in [0.3, 0.4) is 0 Å². The smallest absolute Gasteiger partial charge is 0.399 e. The molecular formula is C58H65BCl2F9N21O6. The lowest BCUT2D eigenvalue weighted by molar-refractivity contribution is -0.141. The van der Waals surface area contributed by atoms with Gasteiger partial charge in [-0.1, -0.05) is 23.2 Å². The van der Waals surface area contributed by atoms with E-state index >= 15 is 0 Å². The second-order valence-corrected chi connectivity index (χ2v) is 24.8. The molecule has 0 unspecified atom stereocenters. The average molecular weight is 1400 g/mol. The maximum absolute atomic E-state index is 13.3. The maximum Gasteiger partial charge on any atom is 0.498 e. The van der Waals surface area contributed by atoms with Gasteiger partial charge in [0.2, 0.25) is 0 Å². The van der Waals surface area contributed by atoms with Crippen molar-refractivity contribution in [2.45, 2.75) is 123 Å². The maximum atomic E-state index is 13.3. The van der Waals surface area contributed by atoms with Gasteiger partial charge in [-0.3, -0.25) is 24.9 Å². The van der Waals surface area contributed by atoms with Crippen LogP contribution in [0.4, 0.5) is 74.4 Å². The number of halogens is 11. The molecule has 1 saturated heterocycles. The van der Waals surface area contributed by atoms with Crippen LogP contribution in [0.1, 0.15) is 86.3 Å². The van der Waals surface area contributed by atoms with Crippen molar-refractivity contribution in [1.29, 1.82) is 0 Å². The van der Waals surface area contributed by atoms with E-state index in [1.165, 1.54) is 33.7 Å². The normalized spacial score (nSPS) is 13.7. The molecule has 10 aromatic heterocycles. The van der Waals surface area contributed by atoms with Gasteiger partial charge >= 0.3 is 25.6 Å². The largest absolute Gasteiger partial charge is 0.498 e.